The first-order valence-corrected chi connectivity index (χ1v) is 8.10. The number of nitrogens with zero attached hydrogens (tertiary/aromatic N) is 3. The van der Waals surface area contributed by atoms with Gasteiger partial charge >= 0.3 is 0 Å². The molecule has 5 heteroatoms. The molecule has 2 aromatic heterocycles. The molecule has 0 fully saturated rings. The molecule has 3 aromatic rings. The zero-order chi connectivity index (χ0) is 16.7. The van der Waals surface area contributed by atoms with Crippen molar-refractivity contribution in [1.29, 1.82) is 0 Å². The van der Waals surface area contributed by atoms with Crippen LogP contribution in [0.15, 0.2) is 47.4 Å². The van der Waals surface area contributed by atoms with E-state index in [0.29, 0.717) is 11.9 Å². The normalized spacial score (nSPS) is 20.1. The fourth-order valence-corrected chi connectivity index (χ4v) is 3.27. The minimum absolute atomic E-state index is 0.00514. The highest BCUT2D eigenvalue weighted by atomic mass is 16.5. The number of aryl methyl sites for hydroxylation is 1. The van der Waals surface area contributed by atoms with Crippen molar-refractivity contribution in [2.24, 2.45) is 0 Å². The molecule has 122 valence electrons. The highest BCUT2D eigenvalue weighted by Gasteiger charge is 2.31. The van der Waals surface area contributed by atoms with Crippen LogP contribution < -0.4 is 5.56 Å². The molecule has 1 atom stereocenters. The Kier molecular flexibility index (Phi) is 3.46. The average Bonchev–Trinajstić information content (AvgIpc) is 2.63. The van der Waals surface area contributed by atoms with E-state index in [1.165, 1.54) is 0 Å². The lowest BCUT2D eigenvalue weighted by molar-refractivity contribution is -0.0253. The molecule has 4 rings (SSSR count). The summed E-state index contributed by atoms with van der Waals surface area (Å²) < 4.78 is 7.34. The lowest BCUT2D eigenvalue weighted by Crippen LogP contribution is -2.43. The topological polar surface area (TPSA) is 57.0 Å². The highest BCUT2D eigenvalue weighted by Crippen LogP contribution is 2.26. The third-order valence-corrected chi connectivity index (χ3v) is 4.86. The van der Waals surface area contributed by atoms with Crippen LogP contribution in [0.25, 0.3) is 22.2 Å². The molecule has 0 bridgehead atoms. The number of fused-ring (bicyclic) bond motifs is 2. The molecule has 0 N–H and O–H groups in total. The Hall–Kier alpha value is -2.53. The number of aromatic nitrogens is 3. The summed E-state index contributed by atoms with van der Waals surface area (Å²) in [6.07, 6.45) is 3.37. The number of hydrogen-bond acceptors (Lipinski definition) is 4. The molecule has 0 saturated carbocycles. The Bertz CT molecular complexity index is 966. The van der Waals surface area contributed by atoms with E-state index < -0.39 is 0 Å². The van der Waals surface area contributed by atoms with Crippen LogP contribution in [0.1, 0.15) is 19.2 Å². The van der Waals surface area contributed by atoms with Crippen molar-refractivity contribution in [2.75, 3.05) is 7.11 Å². The maximum atomic E-state index is 12.9. The zero-order valence-corrected chi connectivity index (χ0v) is 13.8. The Morgan fingerprint density at radius 3 is 2.88 bits per heavy atom. The first kappa shape index (κ1) is 15.0. The quantitative estimate of drug-likeness (QED) is 0.728. The van der Waals surface area contributed by atoms with Crippen molar-refractivity contribution < 1.29 is 4.74 Å². The lowest BCUT2D eigenvalue weighted by Gasteiger charge is -2.34. The van der Waals surface area contributed by atoms with E-state index >= 15 is 0 Å². The number of benzene rings is 1. The van der Waals surface area contributed by atoms with Gasteiger partial charge < -0.3 is 4.74 Å². The molecular weight excluding hydrogens is 302 g/mol. The van der Waals surface area contributed by atoms with Gasteiger partial charge in [0, 0.05) is 25.3 Å². The van der Waals surface area contributed by atoms with Crippen molar-refractivity contribution >= 4 is 10.9 Å². The molecule has 0 radical (unpaired) electrons. The highest BCUT2D eigenvalue weighted by molar-refractivity contribution is 5.83. The van der Waals surface area contributed by atoms with E-state index in [4.69, 9.17) is 9.72 Å². The summed E-state index contributed by atoms with van der Waals surface area (Å²) in [6.45, 7) is 2.58. The second-order valence-corrected chi connectivity index (χ2v) is 6.52. The molecule has 0 amide bonds. The van der Waals surface area contributed by atoms with Crippen LogP contribution in [0.2, 0.25) is 0 Å². The van der Waals surface area contributed by atoms with Gasteiger partial charge in [0.15, 0.2) is 0 Å². The summed E-state index contributed by atoms with van der Waals surface area (Å²) in [5.74, 6) is 0.834. The summed E-state index contributed by atoms with van der Waals surface area (Å²) in [5.41, 5.74) is 2.28. The molecule has 1 aliphatic heterocycles. The predicted molar refractivity (Wildman–Crippen MR) is 93.0 cm³/mol. The maximum Gasteiger partial charge on any atom is 0.261 e. The Morgan fingerprint density at radius 1 is 1.25 bits per heavy atom. The van der Waals surface area contributed by atoms with Crippen molar-refractivity contribution in [3.8, 4) is 11.3 Å². The second-order valence-electron chi connectivity index (χ2n) is 6.52. The molecule has 1 unspecified atom stereocenters. The van der Waals surface area contributed by atoms with Crippen LogP contribution in [0.5, 0.6) is 0 Å². The fraction of sp³-hybridized carbons (Fsp3) is 0.316. The van der Waals surface area contributed by atoms with Crippen LogP contribution in [0.4, 0.5) is 0 Å². The van der Waals surface area contributed by atoms with Crippen molar-refractivity contribution in [3.05, 3.63) is 58.8 Å². The third kappa shape index (κ3) is 2.41. The summed E-state index contributed by atoms with van der Waals surface area (Å²) in [4.78, 5) is 22.0. The molecule has 1 aliphatic rings. The molecule has 0 saturated heterocycles. The van der Waals surface area contributed by atoms with Crippen LogP contribution in [-0.2, 0) is 17.7 Å². The maximum absolute atomic E-state index is 12.9. The second kappa shape index (κ2) is 5.53. The molecule has 24 heavy (non-hydrogen) atoms. The number of pyridine rings is 1. The average molecular weight is 321 g/mol. The van der Waals surface area contributed by atoms with Crippen LogP contribution in [0, 0.1) is 0 Å². The van der Waals surface area contributed by atoms with E-state index in [2.05, 4.69) is 4.98 Å². The molecule has 0 aliphatic carbocycles. The summed E-state index contributed by atoms with van der Waals surface area (Å²) >= 11 is 0. The van der Waals surface area contributed by atoms with Gasteiger partial charge in [0.05, 0.1) is 28.7 Å². The molecule has 1 aromatic carbocycles. The minimum atomic E-state index is -0.305. The molecule has 5 nitrogen and oxygen atoms in total. The van der Waals surface area contributed by atoms with E-state index in [9.17, 15) is 4.79 Å². The monoisotopic (exact) mass is 321 g/mol. The van der Waals surface area contributed by atoms with Gasteiger partial charge in [0.1, 0.15) is 5.82 Å². The van der Waals surface area contributed by atoms with Gasteiger partial charge in [0.25, 0.3) is 5.56 Å². The zero-order valence-electron chi connectivity index (χ0n) is 13.8. The fourth-order valence-electron chi connectivity index (χ4n) is 3.27. The summed E-state index contributed by atoms with van der Waals surface area (Å²) in [7, 11) is 1.70. The Labute approximate surface area is 139 Å². The number of hydrogen-bond donors (Lipinski definition) is 0. The summed E-state index contributed by atoms with van der Waals surface area (Å²) in [6, 6.07) is 11.5. The number of rotatable bonds is 2. The first-order valence-electron chi connectivity index (χ1n) is 8.10. The third-order valence-electron chi connectivity index (χ3n) is 4.86. The van der Waals surface area contributed by atoms with Gasteiger partial charge in [-0.05, 0) is 37.6 Å². The first-order chi connectivity index (χ1) is 11.6. The smallest absolute Gasteiger partial charge is 0.261 e. The van der Waals surface area contributed by atoms with Crippen molar-refractivity contribution in [1.82, 2.24) is 14.5 Å². The van der Waals surface area contributed by atoms with Crippen LogP contribution >= 0.6 is 0 Å². The van der Waals surface area contributed by atoms with Gasteiger partial charge in [-0.2, -0.15) is 0 Å². The Balaban J connectivity index is 1.87. The minimum Gasteiger partial charge on any atom is -0.377 e. The Morgan fingerprint density at radius 2 is 2.12 bits per heavy atom. The van der Waals surface area contributed by atoms with Crippen LogP contribution in [-0.4, -0.2) is 27.2 Å². The van der Waals surface area contributed by atoms with Gasteiger partial charge in [-0.1, -0.05) is 12.1 Å². The van der Waals surface area contributed by atoms with E-state index in [0.717, 1.165) is 35.4 Å². The predicted octanol–water partition coefficient (Wildman–Crippen LogP) is 2.81. The summed E-state index contributed by atoms with van der Waals surface area (Å²) in [5, 5.41) is 0.638. The van der Waals surface area contributed by atoms with Crippen LogP contribution in [0.3, 0.4) is 0 Å². The van der Waals surface area contributed by atoms with Crippen molar-refractivity contribution in [3.63, 3.8) is 0 Å². The lowest BCUT2D eigenvalue weighted by atomic mass is 9.95. The van der Waals surface area contributed by atoms with Gasteiger partial charge in [-0.25, -0.2) is 4.98 Å². The van der Waals surface area contributed by atoms with E-state index in [1.54, 1.807) is 17.9 Å². The number of ether oxygens (including phenoxy) is 1. The van der Waals surface area contributed by atoms with Crippen molar-refractivity contribution in [2.45, 2.75) is 31.9 Å². The van der Waals surface area contributed by atoms with E-state index in [1.807, 2.05) is 43.3 Å². The SMILES string of the molecule is COC1(C)CCc2nc3cc(-c4ccccn4)ccc3c(=O)n2C1. The largest absolute Gasteiger partial charge is 0.377 e. The molecular formula is C19H19N3O2. The number of methoxy groups -OCH3 is 1. The van der Waals surface area contributed by atoms with Gasteiger partial charge in [-0.15, -0.1) is 0 Å². The van der Waals surface area contributed by atoms with Gasteiger partial charge in [-0.3, -0.25) is 14.3 Å². The molecule has 0 spiro atoms. The molecule has 3 heterocycles. The van der Waals surface area contributed by atoms with E-state index in [-0.39, 0.29) is 11.2 Å². The van der Waals surface area contributed by atoms with Gasteiger partial charge in [0.2, 0.25) is 0 Å². The standard InChI is InChI=1S/C19H19N3O2/c1-19(24-2)9-8-17-21-16-11-13(15-5-3-4-10-20-15)6-7-14(16)18(23)22(17)12-19/h3-7,10-11H,8-9,12H2,1-2H3.